The minimum atomic E-state index is -4.94. The molecule has 9 nitrogen and oxygen atoms in total. The maximum absolute atomic E-state index is 13.9. The van der Waals surface area contributed by atoms with E-state index in [9.17, 15) is 35.6 Å². The number of carbonyl (C=O) groups excluding carboxylic acids is 2. The van der Waals surface area contributed by atoms with E-state index in [-0.39, 0.29) is 39.3 Å². The number of halogens is 4. The monoisotopic (exact) mass is 549 g/mol. The standard InChI is InChI=1S/C24H19F4N5O4S/c1-12-20(31-23(35)17-10-19(22(29)34)30-18-9-14(25)5-8-16(17)18)21(24(26,27)28)32-33(12)11-13-3-6-15(7-4-13)38(2,36)37/h3-10H,11H2,1-2H3,(H2,29,34)(H,31,35). The Balaban J connectivity index is 1.75. The number of benzene rings is 2. The number of alkyl halides is 3. The zero-order valence-corrected chi connectivity index (χ0v) is 20.6. The van der Waals surface area contributed by atoms with Gasteiger partial charge in [-0.1, -0.05) is 12.1 Å². The fourth-order valence-corrected chi connectivity index (χ4v) is 4.39. The molecule has 0 saturated carbocycles. The molecule has 2 heterocycles. The molecule has 3 N–H and O–H groups in total. The van der Waals surface area contributed by atoms with Crippen LogP contribution in [-0.2, 0) is 22.6 Å². The second-order valence-electron chi connectivity index (χ2n) is 8.42. The Morgan fingerprint density at radius 3 is 2.32 bits per heavy atom. The lowest BCUT2D eigenvalue weighted by molar-refractivity contribution is -0.140. The van der Waals surface area contributed by atoms with Crippen molar-refractivity contribution in [3.63, 3.8) is 0 Å². The number of anilines is 1. The van der Waals surface area contributed by atoms with Gasteiger partial charge < -0.3 is 11.1 Å². The van der Waals surface area contributed by atoms with E-state index in [0.29, 0.717) is 5.56 Å². The minimum Gasteiger partial charge on any atom is -0.364 e. The van der Waals surface area contributed by atoms with Crippen LogP contribution in [0.4, 0.5) is 23.2 Å². The van der Waals surface area contributed by atoms with Crippen LogP contribution in [0.1, 0.15) is 37.8 Å². The highest BCUT2D eigenvalue weighted by Gasteiger charge is 2.39. The SMILES string of the molecule is Cc1c(NC(=O)c2cc(C(N)=O)nc3cc(F)ccc23)c(C(F)(F)F)nn1Cc1ccc(S(C)(=O)=O)cc1. The summed E-state index contributed by atoms with van der Waals surface area (Å²) in [6.45, 7) is 1.16. The van der Waals surface area contributed by atoms with Crippen LogP contribution in [0.5, 0.6) is 0 Å². The van der Waals surface area contributed by atoms with Crippen molar-refractivity contribution >= 4 is 38.2 Å². The topological polar surface area (TPSA) is 137 Å². The Labute approximate surface area is 213 Å². The summed E-state index contributed by atoms with van der Waals surface area (Å²) in [6, 6.07) is 9.73. The lowest BCUT2D eigenvalue weighted by atomic mass is 10.1. The summed E-state index contributed by atoms with van der Waals surface area (Å²) in [6.07, 6.45) is -3.92. The largest absolute Gasteiger partial charge is 0.437 e. The van der Waals surface area contributed by atoms with Gasteiger partial charge in [0.1, 0.15) is 11.5 Å². The number of carbonyl (C=O) groups is 2. The van der Waals surface area contributed by atoms with E-state index in [1.165, 1.54) is 37.3 Å². The van der Waals surface area contributed by atoms with Crippen LogP contribution in [0, 0.1) is 12.7 Å². The molecule has 0 aliphatic carbocycles. The molecule has 0 saturated heterocycles. The van der Waals surface area contributed by atoms with Gasteiger partial charge in [0, 0.05) is 17.7 Å². The molecular weight excluding hydrogens is 530 g/mol. The molecule has 0 bridgehead atoms. The van der Waals surface area contributed by atoms with E-state index in [1.807, 2.05) is 0 Å². The van der Waals surface area contributed by atoms with Crippen molar-refractivity contribution in [2.75, 3.05) is 11.6 Å². The zero-order valence-electron chi connectivity index (χ0n) is 19.8. The third kappa shape index (κ3) is 5.34. The van der Waals surface area contributed by atoms with Crippen LogP contribution in [0.3, 0.4) is 0 Å². The van der Waals surface area contributed by atoms with E-state index in [2.05, 4.69) is 15.4 Å². The van der Waals surface area contributed by atoms with Crippen LogP contribution in [0.2, 0.25) is 0 Å². The number of amides is 2. The molecule has 2 aromatic carbocycles. The molecule has 0 fully saturated rings. The maximum atomic E-state index is 13.9. The first-order chi connectivity index (χ1) is 17.6. The van der Waals surface area contributed by atoms with Gasteiger partial charge >= 0.3 is 6.18 Å². The molecule has 38 heavy (non-hydrogen) atoms. The predicted octanol–water partition coefficient (Wildman–Crippen LogP) is 3.70. The number of nitrogens with two attached hydrogens (primary N) is 1. The molecule has 0 aliphatic heterocycles. The molecule has 0 spiro atoms. The van der Waals surface area contributed by atoms with Crippen molar-refractivity contribution in [3.05, 3.63) is 82.6 Å². The van der Waals surface area contributed by atoms with E-state index in [4.69, 9.17) is 5.73 Å². The van der Waals surface area contributed by atoms with E-state index < -0.39 is 45.0 Å². The van der Waals surface area contributed by atoms with Gasteiger partial charge in [-0.2, -0.15) is 18.3 Å². The van der Waals surface area contributed by atoms with Gasteiger partial charge in [0.25, 0.3) is 11.8 Å². The van der Waals surface area contributed by atoms with Crippen molar-refractivity contribution in [3.8, 4) is 0 Å². The van der Waals surface area contributed by atoms with Gasteiger partial charge in [0.2, 0.25) is 0 Å². The van der Waals surface area contributed by atoms with Gasteiger partial charge in [-0.3, -0.25) is 14.3 Å². The molecule has 0 atom stereocenters. The third-order valence-electron chi connectivity index (χ3n) is 5.67. The van der Waals surface area contributed by atoms with Crippen LogP contribution in [-0.4, -0.2) is 41.3 Å². The summed E-state index contributed by atoms with van der Waals surface area (Å²) in [5.74, 6) is -2.76. The number of hydrogen-bond acceptors (Lipinski definition) is 6. The van der Waals surface area contributed by atoms with E-state index in [0.717, 1.165) is 29.1 Å². The summed E-state index contributed by atoms with van der Waals surface area (Å²) in [7, 11) is -3.46. The Hall–Kier alpha value is -4.33. The third-order valence-corrected chi connectivity index (χ3v) is 6.79. The van der Waals surface area contributed by atoms with Crippen molar-refractivity contribution in [2.24, 2.45) is 5.73 Å². The maximum Gasteiger partial charge on any atom is 0.437 e. The summed E-state index contributed by atoms with van der Waals surface area (Å²) in [4.78, 5) is 28.8. The number of pyridine rings is 1. The minimum absolute atomic E-state index is 0.0437. The number of sulfone groups is 1. The number of nitrogens with one attached hydrogen (secondary N) is 1. The highest BCUT2D eigenvalue weighted by atomic mass is 32.2. The average Bonchev–Trinajstić information content (AvgIpc) is 3.13. The van der Waals surface area contributed by atoms with Crippen LogP contribution in [0.25, 0.3) is 10.9 Å². The smallest absolute Gasteiger partial charge is 0.364 e. The Morgan fingerprint density at radius 2 is 1.74 bits per heavy atom. The number of hydrogen-bond donors (Lipinski definition) is 2. The highest BCUT2D eigenvalue weighted by Crippen LogP contribution is 2.36. The molecule has 14 heteroatoms. The van der Waals surface area contributed by atoms with Crippen molar-refractivity contribution in [1.29, 1.82) is 0 Å². The number of fused-ring (bicyclic) bond motifs is 1. The summed E-state index contributed by atoms with van der Waals surface area (Å²) < 4.78 is 79.7. The fraction of sp³-hybridized carbons (Fsp3) is 0.167. The molecule has 0 radical (unpaired) electrons. The summed E-state index contributed by atoms with van der Waals surface area (Å²) in [5.41, 5.74) is 2.97. The summed E-state index contributed by atoms with van der Waals surface area (Å²) in [5, 5.41) is 5.93. The quantitative estimate of drug-likeness (QED) is 0.352. The zero-order chi connectivity index (χ0) is 28.0. The number of rotatable bonds is 6. The summed E-state index contributed by atoms with van der Waals surface area (Å²) >= 11 is 0. The van der Waals surface area contributed by atoms with Crippen molar-refractivity contribution in [1.82, 2.24) is 14.8 Å². The Morgan fingerprint density at radius 1 is 1.08 bits per heavy atom. The lowest BCUT2D eigenvalue weighted by Gasteiger charge is -2.12. The average molecular weight is 550 g/mol. The number of primary amides is 1. The first-order valence-corrected chi connectivity index (χ1v) is 12.7. The Bertz CT molecular complexity index is 1700. The molecule has 4 aromatic rings. The number of nitrogens with zero attached hydrogens (tertiary/aromatic N) is 3. The lowest BCUT2D eigenvalue weighted by Crippen LogP contribution is -2.19. The van der Waals surface area contributed by atoms with Crippen molar-refractivity contribution in [2.45, 2.75) is 24.5 Å². The molecule has 2 aromatic heterocycles. The van der Waals surface area contributed by atoms with Gasteiger partial charge in [0.05, 0.1) is 33.9 Å². The van der Waals surface area contributed by atoms with Gasteiger partial charge in [-0.05, 0) is 42.8 Å². The van der Waals surface area contributed by atoms with Crippen molar-refractivity contribution < 1.29 is 35.6 Å². The predicted molar refractivity (Wildman–Crippen MR) is 129 cm³/mol. The molecule has 4 rings (SSSR count). The molecule has 0 unspecified atom stereocenters. The van der Waals surface area contributed by atoms with Crippen LogP contribution >= 0.6 is 0 Å². The molecular formula is C24H19F4N5O4S. The van der Waals surface area contributed by atoms with Gasteiger partial charge in [-0.15, -0.1) is 0 Å². The first-order valence-electron chi connectivity index (χ1n) is 10.8. The van der Waals surface area contributed by atoms with Gasteiger partial charge in [0.15, 0.2) is 15.5 Å². The van der Waals surface area contributed by atoms with E-state index in [1.54, 1.807) is 0 Å². The highest BCUT2D eigenvalue weighted by molar-refractivity contribution is 7.90. The molecule has 2 amide bonds. The second-order valence-corrected chi connectivity index (χ2v) is 10.4. The molecule has 198 valence electrons. The van der Waals surface area contributed by atoms with Crippen LogP contribution < -0.4 is 11.1 Å². The van der Waals surface area contributed by atoms with Crippen LogP contribution in [0.15, 0.2) is 53.4 Å². The molecule has 0 aliphatic rings. The fourth-order valence-electron chi connectivity index (χ4n) is 3.76. The number of aromatic nitrogens is 3. The van der Waals surface area contributed by atoms with Gasteiger partial charge in [-0.25, -0.2) is 17.8 Å². The normalized spacial score (nSPS) is 12.1. The van der Waals surface area contributed by atoms with E-state index >= 15 is 0 Å². The first kappa shape index (κ1) is 26.7. The second kappa shape index (κ2) is 9.52. The Kier molecular flexibility index (Phi) is 6.69.